The van der Waals surface area contributed by atoms with E-state index in [9.17, 15) is 4.79 Å². The molecule has 1 aliphatic rings. The van der Waals surface area contributed by atoms with Crippen molar-refractivity contribution in [3.63, 3.8) is 0 Å². The number of carbonyl (C=O) groups excluding carboxylic acids is 1. The highest BCUT2D eigenvalue weighted by atomic mass is 32.1. The number of piperazine rings is 1. The Morgan fingerprint density at radius 3 is 2.68 bits per heavy atom. The molecule has 1 atom stereocenters. The normalized spacial score (nSPS) is 15.6. The fourth-order valence-corrected chi connectivity index (χ4v) is 4.84. The minimum atomic E-state index is 0.0147. The first-order valence-corrected chi connectivity index (χ1v) is 11.2. The third-order valence-corrected chi connectivity index (χ3v) is 6.79. The van der Waals surface area contributed by atoms with E-state index in [0.717, 1.165) is 23.6 Å². The van der Waals surface area contributed by atoms with Gasteiger partial charge in [0.2, 0.25) is 0 Å². The molecule has 1 fully saturated rings. The van der Waals surface area contributed by atoms with Crippen LogP contribution in [0, 0.1) is 0 Å². The molecular weight excluding hydrogens is 410 g/mol. The van der Waals surface area contributed by atoms with Gasteiger partial charge in [-0.05, 0) is 37.3 Å². The summed E-state index contributed by atoms with van der Waals surface area (Å²) < 4.78 is 12.2. The fourth-order valence-electron chi connectivity index (χ4n) is 3.79. The second-order valence-electron chi connectivity index (χ2n) is 7.49. The van der Waals surface area contributed by atoms with Crippen LogP contribution in [0.3, 0.4) is 0 Å². The molecule has 0 bridgehead atoms. The number of benzene rings is 2. The van der Waals surface area contributed by atoms with Gasteiger partial charge in [0.1, 0.15) is 11.6 Å². The van der Waals surface area contributed by atoms with Crippen LogP contribution >= 0.6 is 11.3 Å². The molecule has 1 aromatic heterocycles. The number of para-hydroxylation sites is 1. The summed E-state index contributed by atoms with van der Waals surface area (Å²) in [7, 11) is 1.58. The molecule has 31 heavy (non-hydrogen) atoms. The van der Waals surface area contributed by atoms with Gasteiger partial charge in [0.05, 0.1) is 23.4 Å². The lowest BCUT2D eigenvalue weighted by atomic mass is 10.1. The Labute approximate surface area is 186 Å². The Kier molecular flexibility index (Phi) is 6.53. The first-order valence-electron chi connectivity index (χ1n) is 10.4. The van der Waals surface area contributed by atoms with E-state index in [1.807, 2.05) is 17.0 Å². The van der Waals surface area contributed by atoms with E-state index >= 15 is 0 Å². The molecule has 4 rings (SSSR count). The lowest BCUT2D eigenvalue weighted by molar-refractivity contribution is 0.0581. The molecule has 7 heteroatoms. The van der Waals surface area contributed by atoms with E-state index in [2.05, 4.69) is 30.5 Å². The highest BCUT2D eigenvalue weighted by molar-refractivity contribution is 7.18. The van der Waals surface area contributed by atoms with Gasteiger partial charge in [0.25, 0.3) is 5.91 Å². The molecule has 0 aliphatic carbocycles. The van der Waals surface area contributed by atoms with Crippen molar-refractivity contribution in [2.45, 2.75) is 13.0 Å². The number of carbonyl (C=O) groups is 1. The number of rotatable bonds is 7. The maximum absolute atomic E-state index is 13.0. The van der Waals surface area contributed by atoms with E-state index in [1.54, 1.807) is 42.7 Å². The number of thiazole rings is 1. The van der Waals surface area contributed by atoms with Gasteiger partial charge in [-0.25, -0.2) is 4.98 Å². The molecule has 0 unspecified atom stereocenters. The lowest BCUT2D eigenvalue weighted by Gasteiger charge is -2.37. The molecule has 0 spiro atoms. The average Bonchev–Trinajstić information content (AvgIpc) is 3.26. The summed E-state index contributed by atoms with van der Waals surface area (Å²) >= 11 is 1.75. The van der Waals surface area contributed by atoms with Crippen LogP contribution in [0.1, 0.15) is 28.3 Å². The van der Waals surface area contributed by atoms with Crippen molar-refractivity contribution in [2.24, 2.45) is 0 Å². The number of nitrogens with zero attached hydrogens (tertiary/aromatic N) is 3. The molecule has 2 aromatic carbocycles. The molecule has 1 aliphatic heterocycles. The van der Waals surface area contributed by atoms with Crippen LogP contribution in [0.2, 0.25) is 0 Å². The molecule has 162 valence electrons. The zero-order valence-corrected chi connectivity index (χ0v) is 18.7. The van der Waals surface area contributed by atoms with Gasteiger partial charge >= 0.3 is 0 Å². The highest BCUT2D eigenvalue weighted by Crippen LogP contribution is 2.31. The quantitative estimate of drug-likeness (QED) is 0.513. The van der Waals surface area contributed by atoms with Crippen molar-refractivity contribution in [1.82, 2.24) is 14.8 Å². The van der Waals surface area contributed by atoms with Crippen molar-refractivity contribution in [3.05, 3.63) is 65.7 Å². The van der Waals surface area contributed by atoms with Crippen LogP contribution in [-0.2, 0) is 0 Å². The van der Waals surface area contributed by atoms with Crippen LogP contribution in [0.15, 0.2) is 55.1 Å². The summed E-state index contributed by atoms with van der Waals surface area (Å²) in [5.41, 5.74) is 1.66. The zero-order valence-electron chi connectivity index (χ0n) is 17.9. The standard InChI is InChI=1S/C24H27N3O3S/c1-4-15-30-20-10-9-18(16-21(20)29-3)24(28)27-13-11-26(12-14-27)17(2)23-25-19-7-5-6-8-22(19)31-23/h4-10,16-17H,1,11-15H2,2-3H3/t17-/m0/s1. The Bertz CT molecular complexity index is 1040. The van der Waals surface area contributed by atoms with Gasteiger partial charge in [0, 0.05) is 31.7 Å². The van der Waals surface area contributed by atoms with Gasteiger partial charge in [0.15, 0.2) is 11.5 Å². The monoisotopic (exact) mass is 437 g/mol. The molecule has 0 radical (unpaired) electrons. The number of aromatic nitrogens is 1. The Balaban J connectivity index is 1.40. The van der Waals surface area contributed by atoms with E-state index in [4.69, 9.17) is 14.5 Å². The Morgan fingerprint density at radius 2 is 1.97 bits per heavy atom. The highest BCUT2D eigenvalue weighted by Gasteiger charge is 2.27. The van der Waals surface area contributed by atoms with Crippen molar-refractivity contribution >= 4 is 27.5 Å². The third kappa shape index (κ3) is 4.57. The Morgan fingerprint density at radius 1 is 1.19 bits per heavy atom. The van der Waals surface area contributed by atoms with Crippen molar-refractivity contribution in [2.75, 3.05) is 39.9 Å². The molecule has 1 saturated heterocycles. The van der Waals surface area contributed by atoms with Crippen molar-refractivity contribution < 1.29 is 14.3 Å². The molecule has 6 nitrogen and oxygen atoms in total. The number of hydrogen-bond donors (Lipinski definition) is 0. The van der Waals surface area contributed by atoms with Crippen LogP contribution in [0.5, 0.6) is 11.5 Å². The number of fused-ring (bicyclic) bond motifs is 1. The molecule has 1 amide bonds. The van der Waals surface area contributed by atoms with Crippen molar-refractivity contribution in [3.8, 4) is 11.5 Å². The van der Waals surface area contributed by atoms with Crippen molar-refractivity contribution in [1.29, 1.82) is 0 Å². The molecule has 0 saturated carbocycles. The largest absolute Gasteiger partial charge is 0.493 e. The predicted octanol–water partition coefficient (Wildman–Crippen LogP) is 4.39. The van der Waals surface area contributed by atoms with Crippen LogP contribution in [0.25, 0.3) is 10.2 Å². The third-order valence-electron chi connectivity index (χ3n) is 5.58. The summed E-state index contributed by atoms with van der Waals surface area (Å²) in [4.78, 5) is 22.1. The van der Waals surface area contributed by atoms with Crippen LogP contribution < -0.4 is 9.47 Å². The first-order chi connectivity index (χ1) is 15.1. The summed E-state index contributed by atoms with van der Waals surface area (Å²) in [6, 6.07) is 13.8. The molecule has 3 aromatic rings. The second-order valence-corrected chi connectivity index (χ2v) is 8.55. The van der Waals surface area contributed by atoms with Crippen LogP contribution in [0.4, 0.5) is 0 Å². The molecule has 2 heterocycles. The number of amides is 1. The summed E-state index contributed by atoms with van der Waals surface area (Å²) in [5, 5.41) is 1.13. The Hall–Kier alpha value is -2.90. The maximum Gasteiger partial charge on any atom is 0.254 e. The smallest absolute Gasteiger partial charge is 0.254 e. The maximum atomic E-state index is 13.0. The fraction of sp³-hybridized carbons (Fsp3) is 0.333. The minimum Gasteiger partial charge on any atom is -0.493 e. The number of hydrogen-bond acceptors (Lipinski definition) is 6. The van der Waals surface area contributed by atoms with E-state index in [-0.39, 0.29) is 11.9 Å². The first kappa shape index (κ1) is 21.3. The lowest BCUT2D eigenvalue weighted by Crippen LogP contribution is -2.49. The summed E-state index contributed by atoms with van der Waals surface area (Å²) in [5.74, 6) is 1.17. The average molecular weight is 438 g/mol. The molecular formula is C24H27N3O3S. The van der Waals surface area contributed by atoms with Crippen LogP contribution in [-0.4, -0.2) is 60.6 Å². The predicted molar refractivity (Wildman–Crippen MR) is 124 cm³/mol. The number of ether oxygens (including phenoxy) is 2. The van der Waals surface area contributed by atoms with E-state index in [1.165, 1.54) is 4.70 Å². The molecule has 0 N–H and O–H groups in total. The van der Waals surface area contributed by atoms with E-state index in [0.29, 0.717) is 36.8 Å². The van der Waals surface area contributed by atoms with Gasteiger partial charge in [-0.3, -0.25) is 9.69 Å². The SMILES string of the molecule is C=CCOc1ccc(C(=O)N2CCN([C@@H](C)c3nc4ccccc4s3)CC2)cc1OC. The summed E-state index contributed by atoms with van der Waals surface area (Å²) in [6.07, 6.45) is 1.67. The number of methoxy groups -OCH3 is 1. The van der Waals surface area contributed by atoms with Gasteiger partial charge in [-0.2, -0.15) is 0 Å². The van der Waals surface area contributed by atoms with Gasteiger partial charge in [-0.1, -0.05) is 24.8 Å². The summed E-state index contributed by atoms with van der Waals surface area (Å²) in [6.45, 7) is 9.25. The zero-order chi connectivity index (χ0) is 21.8. The van der Waals surface area contributed by atoms with Gasteiger partial charge < -0.3 is 14.4 Å². The second kappa shape index (κ2) is 9.49. The minimum absolute atomic E-state index is 0.0147. The van der Waals surface area contributed by atoms with Gasteiger partial charge in [-0.15, -0.1) is 11.3 Å². The topological polar surface area (TPSA) is 54.9 Å². The van der Waals surface area contributed by atoms with E-state index < -0.39 is 0 Å².